The van der Waals surface area contributed by atoms with Crippen molar-refractivity contribution in [2.75, 3.05) is 6.54 Å². The molecule has 20 heavy (non-hydrogen) atoms. The number of aromatic nitrogens is 1. The van der Waals surface area contributed by atoms with Crippen molar-refractivity contribution in [3.63, 3.8) is 0 Å². The Bertz CT molecular complexity index is 520. The number of hydrogen-bond donors (Lipinski definition) is 1. The van der Waals surface area contributed by atoms with Crippen molar-refractivity contribution in [1.29, 1.82) is 0 Å². The number of halogens is 1. The van der Waals surface area contributed by atoms with Gasteiger partial charge in [-0.15, -0.1) is 0 Å². The topological polar surface area (TPSA) is 24.9 Å². The second-order valence-corrected chi connectivity index (χ2v) is 5.09. The van der Waals surface area contributed by atoms with Gasteiger partial charge in [-0.25, -0.2) is 4.39 Å². The molecule has 1 atom stereocenters. The molecule has 0 aliphatic carbocycles. The summed E-state index contributed by atoms with van der Waals surface area (Å²) in [6.45, 7) is 4.96. The molecular formula is C17H21FN2. The third-order valence-corrected chi connectivity index (χ3v) is 3.25. The standard InChI is InChI=1S/C17H21FN2/c1-3-7-20-17(12-16-6-4-5-8-19-16)14-9-13(2)10-15(18)11-14/h4-6,8-11,17,20H,3,7,12H2,1-2H3. The van der Waals surface area contributed by atoms with Crippen molar-refractivity contribution in [3.8, 4) is 0 Å². The summed E-state index contributed by atoms with van der Waals surface area (Å²) in [5, 5.41) is 3.48. The van der Waals surface area contributed by atoms with Crippen LogP contribution in [0.5, 0.6) is 0 Å². The Hall–Kier alpha value is -1.74. The van der Waals surface area contributed by atoms with Crippen LogP contribution >= 0.6 is 0 Å². The molecule has 2 aromatic rings. The summed E-state index contributed by atoms with van der Waals surface area (Å²) in [5.41, 5.74) is 2.95. The lowest BCUT2D eigenvalue weighted by atomic mass is 9.99. The monoisotopic (exact) mass is 272 g/mol. The van der Waals surface area contributed by atoms with Crippen molar-refractivity contribution in [2.24, 2.45) is 0 Å². The van der Waals surface area contributed by atoms with Crippen LogP contribution in [0.4, 0.5) is 4.39 Å². The van der Waals surface area contributed by atoms with Gasteiger partial charge in [-0.05, 0) is 55.3 Å². The maximum Gasteiger partial charge on any atom is 0.123 e. The molecule has 0 amide bonds. The van der Waals surface area contributed by atoms with Crippen LogP contribution in [0.1, 0.15) is 36.2 Å². The summed E-state index contributed by atoms with van der Waals surface area (Å²) in [4.78, 5) is 4.36. The predicted octanol–water partition coefficient (Wildman–Crippen LogP) is 3.81. The van der Waals surface area contributed by atoms with Crippen LogP contribution in [0.2, 0.25) is 0 Å². The summed E-state index contributed by atoms with van der Waals surface area (Å²) in [5.74, 6) is -0.177. The van der Waals surface area contributed by atoms with Crippen molar-refractivity contribution in [1.82, 2.24) is 10.3 Å². The summed E-state index contributed by atoms with van der Waals surface area (Å²) in [6, 6.07) is 11.2. The van der Waals surface area contributed by atoms with Crippen molar-refractivity contribution >= 4 is 0 Å². The van der Waals surface area contributed by atoms with E-state index in [-0.39, 0.29) is 11.9 Å². The van der Waals surface area contributed by atoms with Crippen molar-refractivity contribution < 1.29 is 4.39 Å². The summed E-state index contributed by atoms with van der Waals surface area (Å²) in [6.07, 6.45) is 3.61. The molecule has 1 heterocycles. The number of benzene rings is 1. The van der Waals surface area contributed by atoms with Crippen molar-refractivity contribution in [3.05, 3.63) is 65.2 Å². The van der Waals surface area contributed by atoms with Gasteiger partial charge in [-0.2, -0.15) is 0 Å². The Kier molecular flexibility index (Phi) is 5.24. The van der Waals surface area contributed by atoms with Crippen LogP contribution < -0.4 is 5.32 Å². The number of rotatable bonds is 6. The minimum atomic E-state index is -0.177. The first-order chi connectivity index (χ1) is 9.69. The normalized spacial score (nSPS) is 12.3. The average molecular weight is 272 g/mol. The van der Waals surface area contributed by atoms with Gasteiger partial charge < -0.3 is 5.32 Å². The van der Waals surface area contributed by atoms with E-state index in [1.165, 1.54) is 0 Å². The van der Waals surface area contributed by atoms with E-state index in [1.807, 2.05) is 31.2 Å². The molecule has 0 saturated carbocycles. The number of nitrogens with zero attached hydrogens (tertiary/aromatic N) is 1. The molecule has 0 saturated heterocycles. The van der Waals surface area contributed by atoms with Crippen LogP contribution in [0.3, 0.4) is 0 Å². The maximum atomic E-state index is 13.6. The van der Waals surface area contributed by atoms with E-state index in [4.69, 9.17) is 0 Å². The fourth-order valence-corrected chi connectivity index (χ4v) is 2.32. The van der Waals surface area contributed by atoms with Gasteiger partial charge >= 0.3 is 0 Å². The third kappa shape index (κ3) is 4.14. The van der Waals surface area contributed by atoms with Crippen LogP contribution in [0.15, 0.2) is 42.6 Å². The van der Waals surface area contributed by atoms with Gasteiger partial charge in [-0.3, -0.25) is 4.98 Å². The smallest absolute Gasteiger partial charge is 0.123 e. The molecule has 1 N–H and O–H groups in total. The molecule has 2 rings (SSSR count). The Morgan fingerprint density at radius 1 is 1.25 bits per heavy atom. The molecule has 0 aliphatic rings. The minimum Gasteiger partial charge on any atom is -0.310 e. The lowest BCUT2D eigenvalue weighted by Crippen LogP contribution is -2.24. The summed E-state index contributed by atoms with van der Waals surface area (Å²) < 4.78 is 13.6. The second-order valence-electron chi connectivity index (χ2n) is 5.09. The lowest BCUT2D eigenvalue weighted by Gasteiger charge is -2.19. The Labute approximate surface area is 120 Å². The minimum absolute atomic E-state index is 0.0965. The SMILES string of the molecule is CCCNC(Cc1ccccn1)c1cc(C)cc(F)c1. The predicted molar refractivity (Wildman–Crippen MR) is 80.1 cm³/mol. The number of hydrogen-bond acceptors (Lipinski definition) is 2. The molecule has 0 bridgehead atoms. The van der Waals surface area contributed by atoms with E-state index in [0.29, 0.717) is 0 Å². The van der Waals surface area contributed by atoms with E-state index >= 15 is 0 Å². The third-order valence-electron chi connectivity index (χ3n) is 3.25. The highest BCUT2D eigenvalue weighted by atomic mass is 19.1. The van der Waals surface area contributed by atoms with Gasteiger partial charge in [0.1, 0.15) is 5.82 Å². The van der Waals surface area contributed by atoms with E-state index in [1.54, 1.807) is 18.3 Å². The van der Waals surface area contributed by atoms with Crippen molar-refractivity contribution in [2.45, 2.75) is 32.7 Å². The number of nitrogens with one attached hydrogen (secondary N) is 1. The highest BCUT2D eigenvalue weighted by Crippen LogP contribution is 2.20. The Morgan fingerprint density at radius 3 is 2.75 bits per heavy atom. The van der Waals surface area contributed by atoms with Gasteiger partial charge in [0, 0.05) is 24.4 Å². The van der Waals surface area contributed by atoms with Gasteiger partial charge in [0.15, 0.2) is 0 Å². The summed E-state index contributed by atoms with van der Waals surface area (Å²) >= 11 is 0. The molecule has 0 spiro atoms. The second kappa shape index (κ2) is 7.15. The zero-order valence-corrected chi connectivity index (χ0v) is 12.1. The Morgan fingerprint density at radius 2 is 2.10 bits per heavy atom. The fourth-order valence-electron chi connectivity index (χ4n) is 2.32. The zero-order valence-electron chi connectivity index (χ0n) is 12.1. The van der Waals surface area contributed by atoms with E-state index < -0.39 is 0 Å². The fraction of sp³-hybridized carbons (Fsp3) is 0.353. The molecule has 1 unspecified atom stereocenters. The zero-order chi connectivity index (χ0) is 14.4. The first-order valence-electron chi connectivity index (χ1n) is 7.09. The van der Waals surface area contributed by atoms with Crippen LogP contribution in [0, 0.1) is 12.7 Å². The quantitative estimate of drug-likeness (QED) is 0.865. The molecule has 0 aliphatic heterocycles. The first kappa shape index (κ1) is 14.7. The lowest BCUT2D eigenvalue weighted by molar-refractivity contribution is 0.519. The molecule has 1 aromatic heterocycles. The van der Waals surface area contributed by atoms with Crippen LogP contribution in [0.25, 0.3) is 0 Å². The van der Waals surface area contributed by atoms with E-state index in [2.05, 4.69) is 17.2 Å². The van der Waals surface area contributed by atoms with Gasteiger partial charge in [0.2, 0.25) is 0 Å². The first-order valence-corrected chi connectivity index (χ1v) is 7.09. The molecule has 0 fully saturated rings. The van der Waals surface area contributed by atoms with E-state index in [0.717, 1.165) is 36.2 Å². The largest absolute Gasteiger partial charge is 0.310 e. The summed E-state index contributed by atoms with van der Waals surface area (Å²) in [7, 11) is 0. The highest BCUT2D eigenvalue weighted by molar-refractivity contribution is 5.27. The molecule has 1 aromatic carbocycles. The average Bonchev–Trinajstić information content (AvgIpc) is 2.43. The van der Waals surface area contributed by atoms with Gasteiger partial charge in [-0.1, -0.05) is 19.1 Å². The molecular weight excluding hydrogens is 251 g/mol. The van der Waals surface area contributed by atoms with Gasteiger partial charge in [0.25, 0.3) is 0 Å². The van der Waals surface area contributed by atoms with Gasteiger partial charge in [0.05, 0.1) is 0 Å². The Balaban J connectivity index is 2.22. The van der Waals surface area contributed by atoms with Crippen LogP contribution in [-0.4, -0.2) is 11.5 Å². The molecule has 0 radical (unpaired) electrons. The molecule has 106 valence electrons. The van der Waals surface area contributed by atoms with Crippen LogP contribution in [-0.2, 0) is 6.42 Å². The highest BCUT2D eigenvalue weighted by Gasteiger charge is 2.13. The number of aryl methyl sites for hydroxylation is 1. The molecule has 3 heteroatoms. The maximum absolute atomic E-state index is 13.6. The molecule has 2 nitrogen and oxygen atoms in total. The van der Waals surface area contributed by atoms with E-state index in [9.17, 15) is 4.39 Å². The number of pyridine rings is 1.